The number of amides is 2. The molecule has 5 nitrogen and oxygen atoms in total. The van der Waals surface area contributed by atoms with Crippen LogP contribution < -0.4 is 0 Å². The van der Waals surface area contributed by atoms with Gasteiger partial charge in [-0.3, -0.25) is 14.5 Å². The fourth-order valence-electron chi connectivity index (χ4n) is 5.18. The van der Waals surface area contributed by atoms with Crippen LogP contribution in [-0.4, -0.2) is 65.3 Å². The van der Waals surface area contributed by atoms with Gasteiger partial charge in [0.2, 0.25) is 5.91 Å². The molecule has 0 bridgehead atoms. The Bertz CT molecular complexity index is 1300. The molecule has 0 radical (unpaired) electrons. The standard InChI is InChI=1S/C27H26Cl2FN3O2S/c1-17-15-31(10-11-33(17)27(35)21-6-5-19(28)14-23(21)29)25(34)16-32-9-7-24-22(8-12-36-24)26(32)18-3-2-4-20(30)13-18/h2-6,8,12-14,17,26H,7,9-11,15-16H2,1H3/t17-,26+/m0/s1. The molecule has 0 N–H and O–H groups in total. The summed E-state index contributed by atoms with van der Waals surface area (Å²) in [5, 5.41) is 2.86. The highest BCUT2D eigenvalue weighted by molar-refractivity contribution is 7.10. The van der Waals surface area contributed by atoms with Crippen molar-refractivity contribution in [1.29, 1.82) is 0 Å². The number of piperazine rings is 1. The summed E-state index contributed by atoms with van der Waals surface area (Å²) in [6, 6.07) is 13.3. The quantitative estimate of drug-likeness (QED) is 0.433. The van der Waals surface area contributed by atoms with Gasteiger partial charge in [-0.15, -0.1) is 11.3 Å². The maximum absolute atomic E-state index is 14.1. The van der Waals surface area contributed by atoms with Gasteiger partial charge >= 0.3 is 0 Å². The van der Waals surface area contributed by atoms with Gasteiger partial charge in [0.1, 0.15) is 5.82 Å². The molecule has 1 saturated heterocycles. The Labute approximate surface area is 224 Å². The SMILES string of the molecule is C[C@H]1CN(C(=O)CN2CCc3sccc3[C@H]2c2cccc(F)c2)CCN1C(=O)c1ccc(Cl)cc1Cl. The Morgan fingerprint density at radius 2 is 1.92 bits per heavy atom. The van der Waals surface area contributed by atoms with Gasteiger partial charge in [-0.1, -0.05) is 35.3 Å². The Morgan fingerprint density at radius 1 is 1.08 bits per heavy atom. The van der Waals surface area contributed by atoms with Crippen molar-refractivity contribution in [3.63, 3.8) is 0 Å². The van der Waals surface area contributed by atoms with Crippen molar-refractivity contribution in [2.75, 3.05) is 32.7 Å². The number of carbonyl (C=O) groups is 2. The van der Waals surface area contributed by atoms with Crippen LogP contribution >= 0.6 is 34.5 Å². The molecule has 2 aromatic carbocycles. The zero-order valence-corrected chi connectivity index (χ0v) is 22.1. The van der Waals surface area contributed by atoms with Gasteiger partial charge in [-0.2, -0.15) is 0 Å². The highest BCUT2D eigenvalue weighted by atomic mass is 35.5. The van der Waals surface area contributed by atoms with E-state index in [1.165, 1.54) is 10.9 Å². The van der Waals surface area contributed by atoms with Crippen LogP contribution in [0, 0.1) is 5.82 Å². The topological polar surface area (TPSA) is 43.9 Å². The zero-order chi connectivity index (χ0) is 25.4. The number of benzene rings is 2. The average Bonchev–Trinajstić information content (AvgIpc) is 3.32. The first-order chi connectivity index (χ1) is 17.3. The molecule has 2 aliphatic heterocycles. The molecule has 0 aliphatic carbocycles. The molecule has 0 spiro atoms. The van der Waals surface area contributed by atoms with Crippen LogP contribution in [0.2, 0.25) is 10.0 Å². The van der Waals surface area contributed by atoms with E-state index < -0.39 is 0 Å². The summed E-state index contributed by atoms with van der Waals surface area (Å²) in [5.41, 5.74) is 2.41. The molecule has 2 aliphatic rings. The van der Waals surface area contributed by atoms with Crippen LogP contribution in [0.5, 0.6) is 0 Å². The highest BCUT2D eigenvalue weighted by Crippen LogP contribution is 2.38. The summed E-state index contributed by atoms with van der Waals surface area (Å²) in [4.78, 5) is 33.5. The second kappa shape index (κ2) is 10.5. The Hall–Kier alpha value is -2.45. The molecule has 3 aromatic rings. The lowest BCUT2D eigenvalue weighted by molar-refractivity contribution is -0.135. The molecule has 5 rings (SSSR count). The van der Waals surface area contributed by atoms with Gasteiger partial charge in [0.25, 0.3) is 5.91 Å². The molecular weight excluding hydrogens is 520 g/mol. The van der Waals surface area contributed by atoms with Crippen LogP contribution in [-0.2, 0) is 11.2 Å². The molecule has 188 valence electrons. The van der Waals surface area contributed by atoms with Crippen LogP contribution in [0.3, 0.4) is 0 Å². The first kappa shape index (κ1) is 25.2. The maximum Gasteiger partial charge on any atom is 0.255 e. The van der Waals surface area contributed by atoms with Crippen LogP contribution in [0.4, 0.5) is 4.39 Å². The van der Waals surface area contributed by atoms with E-state index in [2.05, 4.69) is 16.3 Å². The van der Waals surface area contributed by atoms with Crippen molar-refractivity contribution in [1.82, 2.24) is 14.7 Å². The second-order valence-electron chi connectivity index (χ2n) is 9.29. The van der Waals surface area contributed by atoms with E-state index in [9.17, 15) is 14.0 Å². The highest BCUT2D eigenvalue weighted by Gasteiger charge is 2.35. The number of carbonyl (C=O) groups excluding carboxylic acids is 2. The molecule has 2 amide bonds. The summed E-state index contributed by atoms with van der Waals surface area (Å²) < 4.78 is 14.1. The molecule has 1 fully saturated rings. The Kier molecular flexibility index (Phi) is 7.35. The summed E-state index contributed by atoms with van der Waals surface area (Å²) >= 11 is 13.9. The van der Waals surface area contributed by atoms with Crippen molar-refractivity contribution in [3.05, 3.63) is 91.3 Å². The van der Waals surface area contributed by atoms with E-state index in [1.807, 2.05) is 17.9 Å². The molecule has 0 saturated carbocycles. The van der Waals surface area contributed by atoms with Crippen molar-refractivity contribution in [3.8, 4) is 0 Å². The number of hydrogen-bond acceptors (Lipinski definition) is 4. The summed E-state index contributed by atoms with van der Waals surface area (Å²) in [5.74, 6) is -0.432. The fraction of sp³-hybridized carbons (Fsp3) is 0.333. The molecular formula is C27H26Cl2FN3O2S. The number of rotatable bonds is 4. The van der Waals surface area contributed by atoms with E-state index in [1.54, 1.807) is 46.6 Å². The molecule has 3 heterocycles. The van der Waals surface area contributed by atoms with Crippen molar-refractivity contribution in [2.24, 2.45) is 0 Å². The minimum Gasteiger partial charge on any atom is -0.338 e. The number of hydrogen-bond donors (Lipinski definition) is 0. The number of thiophene rings is 1. The van der Waals surface area contributed by atoms with Gasteiger partial charge in [0.05, 0.1) is 23.2 Å². The van der Waals surface area contributed by atoms with Gasteiger partial charge in [0, 0.05) is 42.1 Å². The minimum absolute atomic E-state index is 0.0126. The molecule has 36 heavy (non-hydrogen) atoms. The minimum atomic E-state index is -0.281. The lowest BCUT2D eigenvalue weighted by Crippen LogP contribution is -2.57. The zero-order valence-electron chi connectivity index (χ0n) is 19.8. The molecule has 9 heteroatoms. The van der Waals surface area contributed by atoms with E-state index in [-0.39, 0.29) is 36.3 Å². The van der Waals surface area contributed by atoms with E-state index >= 15 is 0 Å². The first-order valence-corrected chi connectivity index (χ1v) is 13.5. The van der Waals surface area contributed by atoms with Crippen LogP contribution in [0.15, 0.2) is 53.9 Å². The van der Waals surface area contributed by atoms with E-state index in [0.29, 0.717) is 35.2 Å². The smallest absolute Gasteiger partial charge is 0.255 e. The third-order valence-corrected chi connectivity index (χ3v) is 8.52. The van der Waals surface area contributed by atoms with Crippen LogP contribution in [0.25, 0.3) is 0 Å². The molecule has 0 unspecified atom stereocenters. The van der Waals surface area contributed by atoms with Crippen molar-refractivity contribution < 1.29 is 14.0 Å². The molecule has 2 atom stereocenters. The third-order valence-electron chi connectivity index (χ3n) is 6.97. The summed E-state index contributed by atoms with van der Waals surface area (Å²) in [6.45, 7) is 4.21. The maximum atomic E-state index is 14.1. The van der Waals surface area contributed by atoms with Gasteiger partial charge in [0.15, 0.2) is 0 Å². The number of fused-ring (bicyclic) bond motifs is 1. The monoisotopic (exact) mass is 545 g/mol. The lowest BCUT2D eigenvalue weighted by Gasteiger charge is -2.42. The van der Waals surface area contributed by atoms with Gasteiger partial charge in [-0.25, -0.2) is 4.39 Å². The molecule has 1 aromatic heterocycles. The largest absolute Gasteiger partial charge is 0.338 e. The summed E-state index contributed by atoms with van der Waals surface area (Å²) in [6.07, 6.45) is 0.868. The third kappa shape index (κ3) is 5.02. The van der Waals surface area contributed by atoms with E-state index in [0.717, 1.165) is 24.1 Å². The van der Waals surface area contributed by atoms with Crippen LogP contribution in [0.1, 0.15) is 39.3 Å². The summed E-state index contributed by atoms with van der Waals surface area (Å²) in [7, 11) is 0. The predicted octanol–water partition coefficient (Wildman–Crippen LogP) is 5.51. The fourth-order valence-corrected chi connectivity index (χ4v) is 6.58. The van der Waals surface area contributed by atoms with E-state index in [4.69, 9.17) is 23.2 Å². The lowest BCUT2D eigenvalue weighted by atomic mass is 9.93. The van der Waals surface area contributed by atoms with Gasteiger partial charge < -0.3 is 9.80 Å². The normalized spacial score (nSPS) is 20.3. The predicted molar refractivity (Wildman–Crippen MR) is 141 cm³/mol. The van der Waals surface area contributed by atoms with Crippen molar-refractivity contribution in [2.45, 2.75) is 25.4 Å². The number of halogens is 3. The second-order valence-corrected chi connectivity index (χ2v) is 11.1. The Morgan fingerprint density at radius 3 is 2.67 bits per heavy atom. The first-order valence-electron chi connectivity index (χ1n) is 11.9. The number of nitrogens with zero attached hydrogens (tertiary/aromatic N) is 3. The van der Waals surface area contributed by atoms with Crippen molar-refractivity contribution >= 4 is 46.4 Å². The Balaban J connectivity index is 1.28. The average molecular weight is 546 g/mol. The van der Waals surface area contributed by atoms with Gasteiger partial charge in [-0.05, 0) is 66.2 Å².